The third kappa shape index (κ3) is 4.06. The van der Waals surface area contributed by atoms with Gasteiger partial charge in [-0.25, -0.2) is 4.79 Å². The van der Waals surface area contributed by atoms with Crippen molar-refractivity contribution in [1.82, 2.24) is 5.16 Å². The summed E-state index contributed by atoms with van der Waals surface area (Å²) in [5, 5.41) is 7.83. The summed E-state index contributed by atoms with van der Waals surface area (Å²) in [4.78, 5) is 26.4. The molecule has 2 aromatic heterocycles. The zero-order chi connectivity index (χ0) is 20.4. The number of thiophene rings is 1. The monoisotopic (exact) mass is 430 g/mol. The Morgan fingerprint density at radius 1 is 1.24 bits per heavy atom. The fourth-order valence-corrected chi connectivity index (χ4v) is 4.77. The summed E-state index contributed by atoms with van der Waals surface area (Å²) in [6, 6.07) is 8.62. The van der Waals surface area contributed by atoms with Crippen LogP contribution in [0.1, 0.15) is 51.1 Å². The van der Waals surface area contributed by atoms with Crippen LogP contribution in [0, 0.1) is 0 Å². The highest BCUT2D eigenvalue weighted by Crippen LogP contribution is 2.39. The summed E-state index contributed by atoms with van der Waals surface area (Å²) in [5.74, 6) is -0.370. The number of ether oxygens (including phenoxy) is 1. The summed E-state index contributed by atoms with van der Waals surface area (Å²) in [7, 11) is 0. The third-order valence-electron chi connectivity index (χ3n) is 4.75. The van der Waals surface area contributed by atoms with E-state index in [0.29, 0.717) is 21.3 Å². The Morgan fingerprint density at radius 3 is 2.76 bits per heavy atom. The maximum Gasteiger partial charge on any atom is 0.341 e. The predicted molar refractivity (Wildman–Crippen MR) is 112 cm³/mol. The molecule has 29 heavy (non-hydrogen) atoms. The van der Waals surface area contributed by atoms with E-state index in [-0.39, 0.29) is 12.3 Å². The number of fused-ring (bicyclic) bond motifs is 1. The molecule has 6 nitrogen and oxygen atoms in total. The van der Waals surface area contributed by atoms with Gasteiger partial charge in [0.1, 0.15) is 5.00 Å². The highest BCUT2D eigenvalue weighted by molar-refractivity contribution is 7.17. The van der Waals surface area contributed by atoms with Gasteiger partial charge >= 0.3 is 5.97 Å². The van der Waals surface area contributed by atoms with Crippen molar-refractivity contribution in [3.63, 3.8) is 0 Å². The number of hydrogen-bond acceptors (Lipinski definition) is 6. The molecule has 0 fully saturated rings. The average molecular weight is 431 g/mol. The maximum absolute atomic E-state index is 12.8. The van der Waals surface area contributed by atoms with Crippen molar-refractivity contribution in [2.24, 2.45) is 0 Å². The molecule has 2 heterocycles. The number of halogens is 1. The van der Waals surface area contributed by atoms with Crippen LogP contribution in [-0.2, 0) is 17.6 Å². The molecule has 150 valence electrons. The molecular formula is C21H19ClN2O4S. The van der Waals surface area contributed by atoms with E-state index < -0.39 is 11.9 Å². The predicted octanol–water partition coefficient (Wildman–Crippen LogP) is 5.36. The van der Waals surface area contributed by atoms with Gasteiger partial charge in [0.25, 0.3) is 5.91 Å². The van der Waals surface area contributed by atoms with E-state index in [1.807, 2.05) is 0 Å². The van der Waals surface area contributed by atoms with Gasteiger partial charge in [0, 0.05) is 21.5 Å². The molecule has 1 aromatic carbocycles. The molecule has 0 bridgehead atoms. The fraction of sp³-hybridized carbons (Fsp3) is 0.286. The second kappa shape index (κ2) is 8.39. The quantitative estimate of drug-likeness (QED) is 0.550. The molecule has 1 N–H and O–H groups in total. The van der Waals surface area contributed by atoms with Crippen LogP contribution in [0.4, 0.5) is 5.00 Å². The van der Waals surface area contributed by atoms with E-state index in [2.05, 4.69) is 10.5 Å². The van der Waals surface area contributed by atoms with Gasteiger partial charge < -0.3 is 14.6 Å². The van der Waals surface area contributed by atoms with Crippen LogP contribution >= 0.6 is 22.9 Å². The normalized spacial score (nSPS) is 13.0. The Bertz CT molecular complexity index is 1060. The molecule has 1 aliphatic rings. The van der Waals surface area contributed by atoms with Crippen LogP contribution < -0.4 is 5.32 Å². The first-order valence-electron chi connectivity index (χ1n) is 9.42. The summed E-state index contributed by atoms with van der Waals surface area (Å²) < 4.78 is 10.5. The number of rotatable bonds is 5. The highest BCUT2D eigenvalue weighted by Gasteiger charge is 2.28. The average Bonchev–Trinajstić information content (AvgIpc) is 3.33. The number of amides is 1. The van der Waals surface area contributed by atoms with E-state index in [0.717, 1.165) is 41.7 Å². The molecule has 4 rings (SSSR count). The van der Waals surface area contributed by atoms with Crippen LogP contribution in [0.5, 0.6) is 0 Å². The second-order valence-corrected chi connectivity index (χ2v) is 8.21. The lowest BCUT2D eigenvalue weighted by molar-refractivity contribution is 0.0526. The number of aryl methyl sites for hydroxylation is 1. The number of carbonyl (C=O) groups is 2. The first kappa shape index (κ1) is 19.7. The number of nitrogens with zero attached hydrogens (tertiary/aromatic N) is 1. The molecule has 1 aliphatic carbocycles. The number of nitrogens with one attached hydrogen (secondary N) is 1. The van der Waals surface area contributed by atoms with Gasteiger partial charge in [-0.3, -0.25) is 4.79 Å². The van der Waals surface area contributed by atoms with Crippen molar-refractivity contribution in [3.05, 3.63) is 57.1 Å². The fourth-order valence-electron chi connectivity index (χ4n) is 3.37. The van der Waals surface area contributed by atoms with Gasteiger partial charge in [-0.05, 0) is 62.4 Å². The Balaban J connectivity index is 1.59. The topological polar surface area (TPSA) is 81.4 Å². The minimum Gasteiger partial charge on any atom is -0.462 e. The molecule has 0 saturated heterocycles. The van der Waals surface area contributed by atoms with Gasteiger partial charge in [-0.15, -0.1) is 11.3 Å². The van der Waals surface area contributed by atoms with Crippen LogP contribution in [0.2, 0.25) is 5.02 Å². The van der Waals surface area contributed by atoms with Crippen LogP contribution in [-0.4, -0.2) is 23.6 Å². The van der Waals surface area contributed by atoms with Gasteiger partial charge in [0.2, 0.25) is 0 Å². The Kier molecular flexibility index (Phi) is 5.69. The minimum atomic E-state index is -0.432. The second-order valence-electron chi connectivity index (χ2n) is 6.67. The van der Waals surface area contributed by atoms with Gasteiger partial charge in [0.15, 0.2) is 11.5 Å². The molecule has 3 aromatic rings. The minimum absolute atomic E-state index is 0.135. The lowest BCUT2D eigenvalue weighted by Gasteiger charge is -2.12. The Labute approximate surface area is 176 Å². The SMILES string of the molecule is CCOC(=O)c1c(NC(=O)c2cc(-c3ccc(Cl)cc3)on2)sc2c1CCCC2. The van der Waals surface area contributed by atoms with Crippen molar-refractivity contribution in [3.8, 4) is 11.3 Å². The molecule has 0 saturated carbocycles. The van der Waals surface area contributed by atoms with E-state index in [1.165, 1.54) is 11.3 Å². The lowest BCUT2D eigenvalue weighted by Crippen LogP contribution is -2.16. The van der Waals surface area contributed by atoms with E-state index >= 15 is 0 Å². The molecule has 0 radical (unpaired) electrons. The highest BCUT2D eigenvalue weighted by atomic mass is 35.5. The largest absolute Gasteiger partial charge is 0.462 e. The Hall–Kier alpha value is -2.64. The van der Waals surface area contributed by atoms with Crippen molar-refractivity contribution in [2.75, 3.05) is 11.9 Å². The van der Waals surface area contributed by atoms with Gasteiger partial charge in [-0.1, -0.05) is 16.8 Å². The molecule has 8 heteroatoms. The lowest BCUT2D eigenvalue weighted by atomic mass is 9.95. The smallest absolute Gasteiger partial charge is 0.341 e. The zero-order valence-electron chi connectivity index (χ0n) is 15.8. The van der Waals surface area contributed by atoms with E-state index in [1.54, 1.807) is 37.3 Å². The summed E-state index contributed by atoms with van der Waals surface area (Å²) in [6.07, 6.45) is 3.83. The molecule has 0 aliphatic heterocycles. The van der Waals surface area contributed by atoms with Crippen LogP contribution in [0.3, 0.4) is 0 Å². The summed E-state index contributed by atoms with van der Waals surface area (Å²) >= 11 is 7.34. The molecule has 0 spiro atoms. The van der Waals surface area contributed by atoms with Gasteiger partial charge in [-0.2, -0.15) is 0 Å². The number of aromatic nitrogens is 1. The van der Waals surface area contributed by atoms with Crippen LogP contribution in [0.15, 0.2) is 34.9 Å². The molecule has 1 amide bonds. The number of hydrogen-bond donors (Lipinski definition) is 1. The van der Waals surface area contributed by atoms with Crippen molar-refractivity contribution in [1.29, 1.82) is 0 Å². The van der Waals surface area contributed by atoms with Crippen molar-refractivity contribution < 1.29 is 18.8 Å². The van der Waals surface area contributed by atoms with Crippen LogP contribution in [0.25, 0.3) is 11.3 Å². The molecule has 0 unspecified atom stereocenters. The van der Waals surface area contributed by atoms with Crippen molar-refractivity contribution in [2.45, 2.75) is 32.6 Å². The third-order valence-corrected chi connectivity index (χ3v) is 6.21. The maximum atomic E-state index is 12.8. The first-order chi connectivity index (χ1) is 14.1. The number of anilines is 1. The number of carbonyl (C=O) groups excluding carboxylic acids is 2. The first-order valence-corrected chi connectivity index (χ1v) is 10.6. The van der Waals surface area contributed by atoms with Gasteiger partial charge in [0.05, 0.1) is 12.2 Å². The number of esters is 1. The van der Waals surface area contributed by atoms with Crippen molar-refractivity contribution >= 4 is 39.8 Å². The number of benzene rings is 1. The zero-order valence-corrected chi connectivity index (χ0v) is 17.4. The van der Waals surface area contributed by atoms with E-state index in [9.17, 15) is 9.59 Å². The molecule has 0 atom stereocenters. The summed E-state index contributed by atoms with van der Waals surface area (Å²) in [6.45, 7) is 2.05. The van der Waals surface area contributed by atoms with E-state index in [4.69, 9.17) is 20.9 Å². The standard InChI is InChI=1S/C21H19ClN2O4S/c1-2-27-21(26)18-14-5-3-4-6-17(14)29-20(18)23-19(25)15-11-16(28-24-15)12-7-9-13(22)10-8-12/h7-11H,2-6H2,1H3,(H,23,25). The molecular weight excluding hydrogens is 412 g/mol. The Morgan fingerprint density at radius 2 is 2.00 bits per heavy atom. The summed E-state index contributed by atoms with van der Waals surface area (Å²) in [5.41, 5.74) is 2.37.